The summed E-state index contributed by atoms with van der Waals surface area (Å²) < 4.78 is 49.8. The van der Waals surface area contributed by atoms with Crippen LogP contribution in [0.3, 0.4) is 0 Å². The molecule has 1 aliphatic carbocycles. The summed E-state index contributed by atoms with van der Waals surface area (Å²) in [5.74, 6) is -0.508. The van der Waals surface area contributed by atoms with E-state index in [0.717, 1.165) is 38.5 Å². The van der Waals surface area contributed by atoms with Crippen LogP contribution in [0.15, 0.2) is 12.2 Å². The molecular weight excluding hydrogens is 560 g/mol. The van der Waals surface area contributed by atoms with E-state index in [-0.39, 0.29) is 37.8 Å². The lowest BCUT2D eigenvalue weighted by Gasteiger charge is -2.38. The molecule has 0 radical (unpaired) electrons. The van der Waals surface area contributed by atoms with Gasteiger partial charge in [-0.3, -0.25) is 0 Å². The third-order valence-electron chi connectivity index (χ3n) is 6.48. The lowest BCUT2D eigenvalue weighted by atomic mass is 9.73. The molecule has 0 heterocycles. The molecule has 14 heteroatoms. The van der Waals surface area contributed by atoms with Crippen molar-refractivity contribution in [2.24, 2.45) is 5.41 Å². The van der Waals surface area contributed by atoms with Crippen molar-refractivity contribution in [3.63, 3.8) is 0 Å². The standard InChI is InChI=1S/C28H47F2N3O9/c1-21(2)24(34)39-17-13-31-25(35)40-14-7-5-4-6-8-15-41-26(36)32-20-28(3)11-9-10-22(18-28)33-27(37)42-19-23(30)38-16-12-29/h22-23H,1,4-20H2,2-3H3,(H,31,35)(H,32,36)(H,33,37). The summed E-state index contributed by atoms with van der Waals surface area (Å²) in [6, 6.07) is -0.183. The summed E-state index contributed by atoms with van der Waals surface area (Å²) in [7, 11) is 0. The van der Waals surface area contributed by atoms with Gasteiger partial charge < -0.3 is 39.6 Å². The van der Waals surface area contributed by atoms with Crippen LogP contribution in [-0.2, 0) is 28.5 Å². The van der Waals surface area contributed by atoms with Gasteiger partial charge in [0.05, 0.1) is 26.4 Å². The monoisotopic (exact) mass is 607 g/mol. The fraction of sp³-hybridized carbons (Fsp3) is 0.786. The molecule has 0 spiro atoms. The van der Waals surface area contributed by atoms with Crippen LogP contribution in [-0.4, -0.2) is 89.4 Å². The van der Waals surface area contributed by atoms with Gasteiger partial charge in [0.25, 0.3) is 0 Å². The minimum Gasteiger partial charge on any atom is -0.460 e. The Kier molecular flexibility index (Phi) is 18.9. The Morgan fingerprint density at radius 3 is 2.19 bits per heavy atom. The highest BCUT2D eigenvalue weighted by Crippen LogP contribution is 2.35. The van der Waals surface area contributed by atoms with Gasteiger partial charge in [-0.2, -0.15) is 0 Å². The zero-order valence-electron chi connectivity index (χ0n) is 24.8. The van der Waals surface area contributed by atoms with Crippen molar-refractivity contribution in [3.8, 4) is 0 Å². The number of halogens is 2. The summed E-state index contributed by atoms with van der Waals surface area (Å²) in [4.78, 5) is 46.9. The number of nitrogens with one attached hydrogen (secondary N) is 3. The Balaban J connectivity index is 2.06. The second kappa shape index (κ2) is 21.5. The van der Waals surface area contributed by atoms with E-state index < -0.39 is 50.5 Å². The highest BCUT2D eigenvalue weighted by molar-refractivity contribution is 5.86. The molecule has 0 aromatic heterocycles. The Bertz CT molecular complexity index is 849. The molecule has 3 unspecified atom stereocenters. The highest BCUT2D eigenvalue weighted by Gasteiger charge is 2.33. The highest BCUT2D eigenvalue weighted by atomic mass is 19.1. The van der Waals surface area contributed by atoms with Crippen LogP contribution in [0.1, 0.15) is 71.6 Å². The lowest BCUT2D eigenvalue weighted by Crippen LogP contribution is -2.46. The molecular formula is C28H47F2N3O9. The smallest absolute Gasteiger partial charge is 0.407 e. The fourth-order valence-corrected chi connectivity index (χ4v) is 4.30. The number of ether oxygens (including phenoxy) is 5. The Morgan fingerprint density at radius 1 is 0.905 bits per heavy atom. The first kappa shape index (κ1) is 36.9. The van der Waals surface area contributed by atoms with Crippen LogP contribution >= 0.6 is 0 Å². The Labute approximate surface area is 246 Å². The van der Waals surface area contributed by atoms with Crippen molar-refractivity contribution < 1.29 is 51.6 Å². The van der Waals surface area contributed by atoms with Crippen LogP contribution < -0.4 is 16.0 Å². The summed E-state index contributed by atoms with van der Waals surface area (Å²) in [6.07, 6.45) is 3.37. The van der Waals surface area contributed by atoms with Gasteiger partial charge in [-0.1, -0.05) is 39.2 Å². The summed E-state index contributed by atoms with van der Waals surface area (Å²) in [6.45, 7) is 6.34. The quantitative estimate of drug-likeness (QED) is 0.0789. The third-order valence-corrected chi connectivity index (χ3v) is 6.48. The first-order valence-electron chi connectivity index (χ1n) is 14.4. The van der Waals surface area contributed by atoms with Crippen LogP contribution in [0.4, 0.5) is 23.2 Å². The predicted octanol–water partition coefficient (Wildman–Crippen LogP) is 4.47. The van der Waals surface area contributed by atoms with Gasteiger partial charge in [0, 0.05) is 18.2 Å². The van der Waals surface area contributed by atoms with Crippen molar-refractivity contribution in [3.05, 3.63) is 12.2 Å². The molecule has 0 aliphatic heterocycles. The number of hydrogen-bond donors (Lipinski definition) is 3. The molecule has 3 atom stereocenters. The molecule has 42 heavy (non-hydrogen) atoms. The molecule has 1 aliphatic rings. The minimum atomic E-state index is -1.88. The number of rotatable bonds is 20. The van der Waals surface area contributed by atoms with Crippen molar-refractivity contribution in [1.29, 1.82) is 0 Å². The van der Waals surface area contributed by atoms with E-state index in [1.807, 2.05) is 6.92 Å². The average molecular weight is 608 g/mol. The molecule has 1 saturated carbocycles. The Morgan fingerprint density at radius 2 is 1.55 bits per heavy atom. The van der Waals surface area contributed by atoms with E-state index in [1.165, 1.54) is 0 Å². The molecule has 0 aromatic rings. The van der Waals surface area contributed by atoms with E-state index in [2.05, 4.69) is 27.3 Å². The van der Waals surface area contributed by atoms with Crippen molar-refractivity contribution >= 4 is 24.2 Å². The molecule has 1 rings (SSSR count). The van der Waals surface area contributed by atoms with Gasteiger partial charge >= 0.3 is 24.2 Å². The number of hydrogen-bond acceptors (Lipinski definition) is 9. The van der Waals surface area contributed by atoms with Crippen molar-refractivity contribution in [2.45, 2.75) is 84.0 Å². The van der Waals surface area contributed by atoms with Gasteiger partial charge in [0.2, 0.25) is 6.36 Å². The zero-order valence-corrected chi connectivity index (χ0v) is 24.8. The maximum Gasteiger partial charge on any atom is 0.407 e. The number of esters is 1. The second-order valence-corrected chi connectivity index (χ2v) is 10.6. The van der Waals surface area contributed by atoms with E-state index in [4.69, 9.17) is 18.9 Å². The van der Waals surface area contributed by atoms with E-state index in [1.54, 1.807) is 6.92 Å². The number of alkyl halides is 2. The maximum absolute atomic E-state index is 13.3. The molecule has 3 N–H and O–H groups in total. The van der Waals surface area contributed by atoms with Crippen molar-refractivity contribution in [1.82, 2.24) is 16.0 Å². The predicted molar refractivity (Wildman–Crippen MR) is 149 cm³/mol. The largest absolute Gasteiger partial charge is 0.460 e. The number of carbonyl (C=O) groups is 4. The van der Waals surface area contributed by atoms with E-state index >= 15 is 0 Å². The van der Waals surface area contributed by atoms with Gasteiger partial charge in [-0.05, 0) is 44.4 Å². The second-order valence-electron chi connectivity index (χ2n) is 10.6. The first-order valence-corrected chi connectivity index (χ1v) is 14.4. The number of amides is 3. The summed E-state index contributed by atoms with van der Waals surface area (Å²) >= 11 is 0. The SMILES string of the molecule is C=C(C)C(=O)OCCNC(=O)OCCCCCCCOC(=O)NCC1(C)CCCC(NC(=O)OCC(F)OCCF)C1. The number of unbranched alkanes of at least 4 members (excludes halogenated alkanes) is 4. The molecule has 1 fully saturated rings. The minimum absolute atomic E-state index is 0.0440. The van der Waals surface area contributed by atoms with Gasteiger partial charge in [0.1, 0.15) is 19.9 Å². The van der Waals surface area contributed by atoms with Crippen LogP contribution in [0.5, 0.6) is 0 Å². The molecule has 0 bridgehead atoms. The Hall–Kier alpha value is -3.16. The fourth-order valence-electron chi connectivity index (χ4n) is 4.30. The maximum atomic E-state index is 13.3. The van der Waals surface area contributed by atoms with Crippen LogP contribution in [0.25, 0.3) is 0 Å². The summed E-state index contributed by atoms with van der Waals surface area (Å²) in [5.41, 5.74) is 0.0407. The average Bonchev–Trinajstić information content (AvgIpc) is 2.95. The topological polar surface area (TPSA) is 151 Å². The first-order chi connectivity index (χ1) is 20.0. The molecule has 3 amide bonds. The number of carbonyl (C=O) groups excluding carboxylic acids is 4. The van der Waals surface area contributed by atoms with Crippen LogP contribution in [0.2, 0.25) is 0 Å². The third kappa shape index (κ3) is 18.3. The molecule has 12 nitrogen and oxygen atoms in total. The summed E-state index contributed by atoms with van der Waals surface area (Å²) in [5, 5.41) is 8.01. The van der Waals surface area contributed by atoms with Crippen LogP contribution in [0, 0.1) is 5.41 Å². The van der Waals surface area contributed by atoms with Gasteiger partial charge in [0.15, 0.2) is 0 Å². The molecule has 0 saturated heterocycles. The molecule has 242 valence electrons. The zero-order chi connectivity index (χ0) is 31.2. The van der Waals surface area contributed by atoms with Gasteiger partial charge in [-0.25, -0.2) is 28.0 Å². The normalized spacial score (nSPS) is 18.7. The van der Waals surface area contributed by atoms with Crippen molar-refractivity contribution in [2.75, 3.05) is 52.8 Å². The lowest BCUT2D eigenvalue weighted by molar-refractivity contribution is -0.138. The number of alkyl carbamates (subject to hydrolysis) is 3. The van der Waals surface area contributed by atoms with E-state index in [9.17, 15) is 28.0 Å². The van der Waals surface area contributed by atoms with E-state index in [0.29, 0.717) is 31.4 Å². The van der Waals surface area contributed by atoms with Gasteiger partial charge in [-0.15, -0.1) is 0 Å². The molecule has 0 aromatic carbocycles.